The number of aryl methyl sites for hydroxylation is 2. The molecule has 7 heteroatoms. The standard InChI is InChI=1S/C16H13IN2O2S2/c1-9-3-4-10(2)18(9)19-15(21)14(23-16(19)22)8-11-5-6-13(20)12(17)7-11/h3-8,20H,1-2H3/b14-8-. The molecule has 0 unspecified atom stereocenters. The minimum absolute atomic E-state index is 0.134. The normalized spacial score (nSPS) is 16.7. The number of amides is 1. The molecule has 0 spiro atoms. The largest absolute Gasteiger partial charge is 0.507 e. The SMILES string of the molecule is Cc1ccc(C)n1N1C(=O)/C(=C/c2ccc(O)c(I)c2)SC1=S. The highest BCUT2D eigenvalue weighted by Crippen LogP contribution is 2.33. The second-order valence-corrected chi connectivity index (χ2v) is 7.97. The zero-order valence-corrected chi connectivity index (χ0v) is 16.2. The number of thioether (sulfide) groups is 1. The van der Waals surface area contributed by atoms with Crippen LogP contribution in [-0.2, 0) is 4.79 Å². The highest BCUT2D eigenvalue weighted by atomic mass is 127. The van der Waals surface area contributed by atoms with Crippen molar-refractivity contribution in [3.63, 3.8) is 0 Å². The molecule has 4 nitrogen and oxygen atoms in total. The maximum atomic E-state index is 12.8. The van der Waals surface area contributed by atoms with Gasteiger partial charge in [0.15, 0.2) is 4.32 Å². The number of carbonyl (C=O) groups is 1. The van der Waals surface area contributed by atoms with Crippen LogP contribution in [0.2, 0.25) is 0 Å². The summed E-state index contributed by atoms with van der Waals surface area (Å²) in [6.45, 7) is 3.88. The number of aromatic hydroxyl groups is 1. The van der Waals surface area contributed by atoms with Gasteiger partial charge in [-0.3, -0.25) is 9.47 Å². The van der Waals surface area contributed by atoms with Crippen molar-refractivity contribution < 1.29 is 9.90 Å². The second-order valence-electron chi connectivity index (χ2n) is 5.13. The van der Waals surface area contributed by atoms with Crippen LogP contribution in [-0.4, -0.2) is 20.0 Å². The summed E-state index contributed by atoms with van der Waals surface area (Å²) in [5.41, 5.74) is 2.77. The van der Waals surface area contributed by atoms with E-state index < -0.39 is 0 Å². The maximum Gasteiger partial charge on any atom is 0.285 e. The molecule has 1 aromatic carbocycles. The molecule has 2 aromatic rings. The Kier molecular flexibility index (Phi) is 4.52. The van der Waals surface area contributed by atoms with E-state index >= 15 is 0 Å². The van der Waals surface area contributed by atoms with Gasteiger partial charge < -0.3 is 5.11 Å². The van der Waals surface area contributed by atoms with Gasteiger partial charge in [0.1, 0.15) is 5.75 Å². The van der Waals surface area contributed by atoms with E-state index in [-0.39, 0.29) is 11.7 Å². The summed E-state index contributed by atoms with van der Waals surface area (Å²) in [6.07, 6.45) is 1.80. The molecular formula is C16H13IN2O2S2. The summed E-state index contributed by atoms with van der Waals surface area (Å²) in [5, 5.41) is 11.1. The van der Waals surface area contributed by atoms with Crippen LogP contribution < -0.4 is 5.01 Å². The molecule has 3 rings (SSSR count). The second kappa shape index (κ2) is 6.29. The number of thiocarbonyl (C=S) groups is 1. The van der Waals surface area contributed by atoms with Crippen LogP contribution in [0.5, 0.6) is 5.75 Å². The third-order valence-corrected chi connectivity index (χ3v) is 5.62. The van der Waals surface area contributed by atoms with Gasteiger partial charge in [0, 0.05) is 11.4 Å². The number of hydrogen-bond donors (Lipinski definition) is 1. The van der Waals surface area contributed by atoms with Gasteiger partial charge in [-0.1, -0.05) is 17.8 Å². The first kappa shape index (κ1) is 16.5. The fourth-order valence-electron chi connectivity index (χ4n) is 2.37. The van der Waals surface area contributed by atoms with Gasteiger partial charge in [0.05, 0.1) is 8.48 Å². The number of benzene rings is 1. The summed E-state index contributed by atoms with van der Waals surface area (Å²) in [6, 6.07) is 9.14. The van der Waals surface area contributed by atoms with Crippen molar-refractivity contribution in [2.24, 2.45) is 0 Å². The van der Waals surface area contributed by atoms with Gasteiger partial charge in [-0.15, -0.1) is 0 Å². The Morgan fingerprint density at radius 3 is 2.48 bits per heavy atom. The lowest BCUT2D eigenvalue weighted by Gasteiger charge is -2.20. The lowest BCUT2D eigenvalue weighted by atomic mass is 10.2. The molecule has 0 atom stereocenters. The highest BCUT2D eigenvalue weighted by molar-refractivity contribution is 14.1. The fourth-order valence-corrected chi connectivity index (χ4v) is 4.15. The molecular weight excluding hydrogens is 443 g/mol. The van der Waals surface area contributed by atoms with E-state index in [0.29, 0.717) is 9.23 Å². The molecule has 2 heterocycles. The van der Waals surface area contributed by atoms with Crippen LogP contribution in [0.1, 0.15) is 17.0 Å². The molecule has 0 saturated carbocycles. The van der Waals surface area contributed by atoms with Gasteiger partial charge in [-0.2, -0.15) is 5.01 Å². The van der Waals surface area contributed by atoms with E-state index in [2.05, 4.69) is 22.6 Å². The first-order valence-corrected chi connectivity index (χ1v) is 9.10. The number of phenols is 1. The van der Waals surface area contributed by atoms with E-state index in [1.807, 2.05) is 36.7 Å². The molecule has 0 radical (unpaired) electrons. The molecule has 1 saturated heterocycles. The molecule has 1 aromatic heterocycles. The molecule has 1 N–H and O–H groups in total. The van der Waals surface area contributed by atoms with Gasteiger partial charge >= 0.3 is 0 Å². The van der Waals surface area contributed by atoms with Crippen molar-refractivity contribution in [2.75, 3.05) is 5.01 Å². The minimum atomic E-state index is -0.134. The minimum Gasteiger partial charge on any atom is -0.507 e. The maximum absolute atomic E-state index is 12.8. The summed E-state index contributed by atoms with van der Waals surface area (Å²) in [7, 11) is 0. The molecule has 118 valence electrons. The van der Waals surface area contributed by atoms with Crippen molar-refractivity contribution in [1.82, 2.24) is 4.68 Å². The van der Waals surface area contributed by atoms with Gasteiger partial charge in [0.25, 0.3) is 5.91 Å². The lowest BCUT2D eigenvalue weighted by Crippen LogP contribution is -2.39. The van der Waals surface area contributed by atoms with Gasteiger partial charge in [0.2, 0.25) is 0 Å². The van der Waals surface area contributed by atoms with Gasteiger partial charge in [-0.05, 0) is 84.6 Å². The summed E-state index contributed by atoms with van der Waals surface area (Å²) >= 11 is 8.73. The Bertz CT molecular complexity index is 838. The van der Waals surface area contributed by atoms with Crippen LogP contribution in [0.3, 0.4) is 0 Å². The van der Waals surface area contributed by atoms with E-state index in [1.54, 1.807) is 18.2 Å². The number of rotatable bonds is 2. The number of halogens is 1. The summed E-state index contributed by atoms with van der Waals surface area (Å²) < 4.78 is 3.08. The Hall–Kier alpha value is -1.32. The van der Waals surface area contributed by atoms with Crippen molar-refractivity contribution in [3.05, 3.63) is 55.8 Å². The Morgan fingerprint density at radius 1 is 1.22 bits per heavy atom. The zero-order chi connectivity index (χ0) is 16.7. The Balaban J connectivity index is 1.98. The number of hydrogen-bond acceptors (Lipinski definition) is 4. The van der Waals surface area contributed by atoms with Gasteiger partial charge in [-0.25, -0.2) is 0 Å². The lowest BCUT2D eigenvalue weighted by molar-refractivity contribution is -0.114. The van der Waals surface area contributed by atoms with E-state index in [1.165, 1.54) is 16.8 Å². The number of phenolic OH excluding ortho intramolecular Hbond substituents is 1. The number of carbonyl (C=O) groups excluding carboxylic acids is 1. The quantitative estimate of drug-likeness (QED) is 0.423. The van der Waals surface area contributed by atoms with Crippen LogP contribution >= 0.6 is 46.6 Å². The van der Waals surface area contributed by atoms with Crippen LogP contribution in [0.4, 0.5) is 0 Å². The number of nitrogens with zero attached hydrogens (tertiary/aromatic N) is 2. The molecule has 1 fully saturated rings. The topological polar surface area (TPSA) is 45.5 Å². The van der Waals surface area contributed by atoms with Crippen molar-refractivity contribution in [3.8, 4) is 5.75 Å². The van der Waals surface area contributed by atoms with Crippen molar-refractivity contribution in [2.45, 2.75) is 13.8 Å². The third kappa shape index (κ3) is 3.05. The average Bonchev–Trinajstić information content (AvgIpc) is 2.95. The summed E-state index contributed by atoms with van der Waals surface area (Å²) in [5.74, 6) is 0.0966. The van der Waals surface area contributed by atoms with Crippen LogP contribution in [0, 0.1) is 17.4 Å². The average molecular weight is 456 g/mol. The van der Waals surface area contributed by atoms with E-state index in [9.17, 15) is 9.90 Å². The highest BCUT2D eigenvalue weighted by Gasteiger charge is 2.34. The molecule has 23 heavy (non-hydrogen) atoms. The molecule has 1 aliphatic rings. The van der Waals surface area contributed by atoms with E-state index in [4.69, 9.17) is 12.2 Å². The third-order valence-electron chi connectivity index (χ3n) is 3.48. The van der Waals surface area contributed by atoms with Crippen LogP contribution in [0.25, 0.3) is 6.08 Å². The van der Waals surface area contributed by atoms with Crippen molar-refractivity contribution in [1.29, 1.82) is 0 Å². The Morgan fingerprint density at radius 2 is 1.87 bits per heavy atom. The number of aromatic nitrogens is 1. The molecule has 0 bridgehead atoms. The smallest absolute Gasteiger partial charge is 0.285 e. The van der Waals surface area contributed by atoms with Crippen LogP contribution in [0.15, 0.2) is 35.2 Å². The predicted octanol–water partition coefficient (Wildman–Crippen LogP) is 3.95. The van der Waals surface area contributed by atoms with E-state index in [0.717, 1.165) is 20.5 Å². The zero-order valence-electron chi connectivity index (χ0n) is 12.4. The predicted molar refractivity (Wildman–Crippen MR) is 106 cm³/mol. The fraction of sp³-hybridized carbons (Fsp3) is 0.125. The Labute approximate surface area is 157 Å². The first-order chi connectivity index (χ1) is 10.9. The molecule has 1 amide bonds. The molecule has 0 aliphatic carbocycles. The first-order valence-electron chi connectivity index (χ1n) is 6.80. The summed E-state index contributed by atoms with van der Waals surface area (Å²) in [4.78, 5) is 13.3. The van der Waals surface area contributed by atoms with Crippen molar-refractivity contribution >= 4 is 62.9 Å². The molecule has 1 aliphatic heterocycles. The monoisotopic (exact) mass is 456 g/mol.